The molecule has 0 aromatic heterocycles. The first-order valence-corrected chi connectivity index (χ1v) is 4.74. The summed E-state index contributed by atoms with van der Waals surface area (Å²) in [4.78, 5) is 0. The smallest absolute Gasteiger partial charge is 0.233 e. The van der Waals surface area contributed by atoms with Gasteiger partial charge in [0.05, 0.1) is 0 Å². The van der Waals surface area contributed by atoms with E-state index in [4.69, 9.17) is 15.2 Å². The third-order valence-corrected chi connectivity index (χ3v) is 2.10. The third-order valence-electron chi connectivity index (χ3n) is 2.10. The van der Waals surface area contributed by atoms with Gasteiger partial charge in [0, 0.05) is 0 Å². The summed E-state index contributed by atoms with van der Waals surface area (Å²) in [5.41, 5.74) is 6.80. The Morgan fingerprint density at radius 1 is 1.43 bits per heavy atom. The first-order valence-electron chi connectivity index (χ1n) is 4.74. The fourth-order valence-electron chi connectivity index (χ4n) is 1.22. The minimum Gasteiger partial charge on any atom is -0.452 e. The van der Waals surface area contributed by atoms with Gasteiger partial charge >= 0.3 is 0 Å². The van der Waals surface area contributed by atoms with Crippen molar-refractivity contribution >= 4 is 0 Å². The Balaban J connectivity index is 2.67. The summed E-state index contributed by atoms with van der Waals surface area (Å²) in [7, 11) is 0. The molecule has 2 N–H and O–H groups in total. The summed E-state index contributed by atoms with van der Waals surface area (Å²) in [5.74, 6) is 1.48. The molecule has 0 aromatic carbocycles. The third kappa shape index (κ3) is 2.55. The Hall–Kier alpha value is -1.38. The molecule has 1 heterocycles. The van der Waals surface area contributed by atoms with Crippen molar-refractivity contribution in [1.82, 2.24) is 0 Å². The second-order valence-electron chi connectivity index (χ2n) is 3.41. The SMILES string of the molecule is C/C=C(\C=C/C1=C(N)OCO1)C(C)C. The van der Waals surface area contributed by atoms with E-state index < -0.39 is 0 Å². The van der Waals surface area contributed by atoms with Gasteiger partial charge in [-0.3, -0.25) is 0 Å². The molecular formula is C11H17NO2. The first kappa shape index (κ1) is 10.7. The van der Waals surface area contributed by atoms with Crippen LogP contribution >= 0.6 is 0 Å². The minimum atomic E-state index is 0.221. The quantitative estimate of drug-likeness (QED) is 0.702. The summed E-state index contributed by atoms with van der Waals surface area (Å²) in [5, 5.41) is 0. The predicted octanol–water partition coefficient (Wildman–Crippen LogP) is 2.28. The molecule has 1 aliphatic rings. The van der Waals surface area contributed by atoms with Gasteiger partial charge in [0.15, 0.2) is 5.76 Å². The van der Waals surface area contributed by atoms with Crippen LogP contribution in [0.2, 0.25) is 0 Å². The summed E-state index contributed by atoms with van der Waals surface area (Å²) in [6, 6.07) is 0. The van der Waals surface area contributed by atoms with E-state index in [1.165, 1.54) is 5.57 Å². The molecule has 0 radical (unpaired) electrons. The van der Waals surface area contributed by atoms with Crippen molar-refractivity contribution in [1.29, 1.82) is 0 Å². The van der Waals surface area contributed by atoms with Crippen molar-refractivity contribution in [2.75, 3.05) is 6.79 Å². The van der Waals surface area contributed by atoms with Crippen LogP contribution in [0, 0.1) is 5.92 Å². The van der Waals surface area contributed by atoms with E-state index in [2.05, 4.69) is 19.9 Å². The highest BCUT2D eigenvalue weighted by Gasteiger charge is 2.10. The maximum Gasteiger partial charge on any atom is 0.233 e. The molecular weight excluding hydrogens is 178 g/mol. The topological polar surface area (TPSA) is 44.5 Å². The fourth-order valence-corrected chi connectivity index (χ4v) is 1.22. The van der Waals surface area contributed by atoms with Gasteiger partial charge in [-0.05, 0) is 24.5 Å². The molecule has 3 nitrogen and oxygen atoms in total. The number of hydrogen-bond acceptors (Lipinski definition) is 3. The molecule has 0 unspecified atom stereocenters. The monoisotopic (exact) mass is 195 g/mol. The summed E-state index contributed by atoms with van der Waals surface area (Å²) < 4.78 is 10.1. The minimum absolute atomic E-state index is 0.221. The van der Waals surface area contributed by atoms with Gasteiger partial charge in [0.2, 0.25) is 12.7 Å². The molecule has 0 fully saturated rings. The second kappa shape index (κ2) is 4.74. The molecule has 0 aliphatic carbocycles. The largest absolute Gasteiger partial charge is 0.452 e. The summed E-state index contributed by atoms with van der Waals surface area (Å²) in [6.07, 6.45) is 5.92. The molecule has 78 valence electrons. The van der Waals surface area contributed by atoms with Crippen LogP contribution in [0.3, 0.4) is 0 Å². The molecule has 0 spiro atoms. The van der Waals surface area contributed by atoms with Crippen LogP contribution in [0.25, 0.3) is 0 Å². The lowest BCUT2D eigenvalue weighted by atomic mass is 10.0. The summed E-state index contributed by atoms with van der Waals surface area (Å²) >= 11 is 0. The van der Waals surface area contributed by atoms with Crippen molar-refractivity contribution in [3.63, 3.8) is 0 Å². The van der Waals surface area contributed by atoms with E-state index in [1.54, 1.807) is 0 Å². The fraction of sp³-hybridized carbons (Fsp3) is 0.455. The van der Waals surface area contributed by atoms with E-state index in [-0.39, 0.29) is 6.79 Å². The van der Waals surface area contributed by atoms with Crippen LogP contribution < -0.4 is 5.73 Å². The lowest BCUT2D eigenvalue weighted by Gasteiger charge is -2.04. The lowest BCUT2D eigenvalue weighted by molar-refractivity contribution is 0.0737. The van der Waals surface area contributed by atoms with Crippen molar-refractivity contribution in [2.45, 2.75) is 20.8 Å². The number of nitrogens with two attached hydrogens (primary N) is 1. The Morgan fingerprint density at radius 2 is 2.14 bits per heavy atom. The van der Waals surface area contributed by atoms with Crippen molar-refractivity contribution < 1.29 is 9.47 Å². The van der Waals surface area contributed by atoms with Gasteiger partial charge in [-0.15, -0.1) is 0 Å². The van der Waals surface area contributed by atoms with Crippen LogP contribution in [-0.2, 0) is 9.47 Å². The van der Waals surface area contributed by atoms with Gasteiger partial charge in [-0.2, -0.15) is 0 Å². The average molecular weight is 195 g/mol. The Morgan fingerprint density at radius 3 is 2.57 bits per heavy atom. The van der Waals surface area contributed by atoms with E-state index in [1.807, 2.05) is 19.1 Å². The highest BCUT2D eigenvalue weighted by atomic mass is 16.7. The van der Waals surface area contributed by atoms with E-state index >= 15 is 0 Å². The van der Waals surface area contributed by atoms with Crippen LogP contribution in [-0.4, -0.2) is 6.79 Å². The normalized spacial score (nSPS) is 17.9. The van der Waals surface area contributed by atoms with Crippen LogP contribution in [0.15, 0.2) is 35.4 Å². The molecule has 0 atom stereocenters. The Bertz CT molecular complexity index is 288. The molecule has 0 bridgehead atoms. The molecule has 1 rings (SSSR count). The maximum atomic E-state index is 5.54. The van der Waals surface area contributed by atoms with E-state index in [0.717, 1.165) is 0 Å². The molecule has 0 amide bonds. The highest BCUT2D eigenvalue weighted by molar-refractivity contribution is 5.27. The van der Waals surface area contributed by atoms with Crippen molar-refractivity contribution in [3.05, 3.63) is 35.4 Å². The number of allylic oxidation sites excluding steroid dienone is 4. The van der Waals surface area contributed by atoms with Gasteiger partial charge in [-0.25, -0.2) is 0 Å². The zero-order valence-electron chi connectivity index (χ0n) is 8.91. The predicted molar refractivity (Wildman–Crippen MR) is 56.0 cm³/mol. The van der Waals surface area contributed by atoms with E-state index in [0.29, 0.717) is 17.6 Å². The van der Waals surface area contributed by atoms with Gasteiger partial charge in [0.1, 0.15) is 0 Å². The number of ether oxygens (including phenoxy) is 2. The first-order chi connectivity index (χ1) is 6.65. The van der Waals surface area contributed by atoms with Gasteiger partial charge in [-0.1, -0.05) is 26.0 Å². The van der Waals surface area contributed by atoms with Crippen molar-refractivity contribution in [3.8, 4) is 0 Å². The maximum absolute atomic E-state index is 5.54. The standard InChI is InChI=1S/C11H17NO2/c1-4-9(8(2)3)5-6-10-11(12)14-7-13-10/h4-6,8H,7,12H2,1-3H3/b6-5-,9-4+. The van der Waals surface area contributed by atoms with Gasteiger partial charge < -0.3 is 15.2 Å². The number of rotatable bonds is 3. The molecule has 1 aliphatic heterocycles. The molecule has 0 saturated heterocycles. The van der Waals surface area contributed by atoms with Crippen LogP contribution in [0.1, 0.15) is 20.8 Å². The molecule has 0 aromatic rings. The molecule has 3 heteroatoms. The van der Waals surface area contributed by atoms with E-state index in [9.17, 15) is 0 Å². The zero-order valence-corrected chi connectivity index (χ0v) is 8.91. The second-order valence-corrected chi connectivity index (χ2v) is 3.41. The molecule has 14 heavy (non-hydrogen) atoms. The Kier molecular flexibility index (Phi) is 3.63. The van der Waals surface area contributed by atoms with Gasteiger partial charge in [0.25, 0.3) is 0 Å². The summed E-state index contributed by atoms with van der Waals surface area (Å²) in [6.45, 7) is 6.52. The van der Waals surface area contributed by atoms with Crippen LogP contribution in [0.4, 0.5) is 0 Å². The average Bonchev–Trinajstić information content (AvgIpc) is 2.52. The highest BCUT2D eigenvalue weighted by Crippen LogP contribution is 2.16. The Labute approximate surface area is 84.9 Å². The zero-order chi connectivity index (χ0) is 10.6. The van der Waals surface area contributed by atoms with Crippen LogP contribution in [0.5, 0.6) is 0 Å². The van der Waals surface area contributed by atoms with Crippen molar-refractivity contribution in [2.24, 2.45) is 11.7 Å². The lowest BCUT2D eigenvalue weighted by Crippen LogP contribution is -1.97. The molecule has 0 saturated carbocycles. The number of hydrogen-bond donors (Lipinski definition) is 1.